The molecule has 120 valence electrons. The normalized spacial score (nSPS) is 10.6. The van der Waals surface area contributed by atoms with Gasteiger partial charge in [0, 0.05) is 30.9 Å². The van der Waals surface area contributed by atoms with E-state index in [1.807, 2.05) is 39.2 Å². The second-order valence-electron chi connectivity index (χ2n) is 5.79. The van der Waals surface area contributed by atoms with E-state index < -0.39 is 5.56 Å². The van der Waals surface area contributed by atoms with Gasteiger partial charge < -0.3 is 10.6 Å². The molecule has 0 saturated carbocycles. The standard InChI is InChI=1S/C18H17N5O/c1-11-4-9-14-16(22(2)3)15(10-19)18(24)23(17(14)21-11)13-7-5-12(20)6-8-13/h4-9H,20H2,1-3H3. The molecule has 0 aliphatic carbocycles. The van der Waals surface area contributed by atoms with Gasteiger partial charge in [0.15, 0.2) is 0 Å². The van der Waals surface area contributed by atoms with Crippen LogP contribution >= 0.6 is 0 Å². The molecule has 2 heterocycles. The van der Waals surface area contributed by atoms with Crippen LogP contribution in [0.5, 0.6) is 0 Å². The minimum atomic E-state index is -0.392. The number of pyridine rings is 2. The van der Waals surface area contributed by atoms with Crippen molar-refractivity contribution in [2.45, 2.75) is 6.92 Å². The molecule has 1 aromatic carbocycles. The summed E-state index contributed by atoms with van der Waals surface area (Å²) >= 11 is 0. The molecule has 0 saturated heterocycles. The number of nitrogens with two attached hydrogens (primary N) is 1. The van der Waals surface area contributed by atoms with Crippen LogP contribution in [0.2, 0.25) is 0 Å². The Labute approximate surface area is 139 Å². The predicted molar refractivity (Wildman–Crippen MR) is 95.5 cm³/mol. The summed E-state index contributed by atoms with van der Waals surface area (Å²) in [6.45, 7) is 1.87. The van der Waals surface area contributed by atoms with Gasteiger partial charge in [0.05, 0.1) is 11.4 Å². The van der Waals surface area contributed by atoms with Crippen LogP contribution in [0.15, 0.2) is 41.2 Å². The van der Waals surface area contributed by atoms with Gasteiger partial charge in [0.25, 0.3) is 5.56 Å². The molecule has 0 atom stereocenters. The summed E-state index contributed by atoms with van der Waals surface area (Å²) in [6.07, 6.45) is 0. The van der Waals surface area contributed by atoms with Crippen molar-refractivity contribution in [1.29, 1.82) is 5.26 Å². The van der Waals surface area contributed by atoms with Crippen molar-refractivity contribution in [2.24, 2.45) is 0 Å². The monoisotopic (exact) mass is 319 g/mol. The van der Waals surface area contributed by atoms with Crippen LogP contribution in [-0.2, 0) is 0 Å². The van der Waals surface area contributed by atoms with E-state index in [2.05, 4.69) is 4.98 Å². The predicted octanol–water partition coefficient (Wildman–Crippen LogP) is 2.21. The molecule has 24 heavy (non-hydrogen) atoms. The minimum absolute atomic E-state index is 0.0926. The average molecular weight is 319 g/mol. The van der Waals surface area contributed by atoms with Crippen LogP contribution in [0.25, 0.3) is 16.7 Å². The maximum absolute atomic E-state index is 13.0. The number of aryl methyl sites for hydroxylation is 1. The van der Waals surface area contributed by atoms with E-state index in [4.69, 9.17) is 5.73 Å². The van der Waals surface area contributed by atoms with Crippen LogP contribution in [0, 0.1) is 18.3 Å². The van der Waals surface area contributed by atoms with Crippen LogP contribution in [-0.4, -0.2) is 23.6 Å². The third kappa shape index (κ3) is 2.36. The molecule has 0 unspecified atom stereocenters. The molecule has 0 fully saturated rings. The second-order valence-corrected chi connectivity index (χ2v) is 5.79. The van der Waals surface area contributed by atoms with Crippen LogP contribution in [0.1, 0.15) is 11.3 Å². The molecule has 2 N–H and O–H groups in total. The smallest absolute Gasteiger partial charge is 0.276 e. The summed E-state index contributed by atoms with van der Waals surface area (Å²) in [5, 5.41) is 10.3. The summed E-state index contributed by atoms with van der Waals surface area (Å²) in [7, 11) is 3.62. The van der Waals surface area contributed by atoms with E-state index >= 15 is 0 Å². The number of benzene rings is 1. The maximum atomic E-state index is 13.0. The highest BCUT2D eigenvalue weighted by Gasteiger charge is 2.20. The minimum Gasteiger partial charge on any atom is -0.399 e. The van der Waals surface area contributed by atoms with Crippen LogP contribution in [0.4, 0.5) is 11.4 Å². The number of rotatable bonds is 2. The van der Waals surface area contributed by atoms with Gasteiger partial charge in [-0.2, -0.15) is 5.26 Å². The molecule has 3 rings (SSSR count). The van der Waals surface area contributed by atoms with Crippen molar-refractivity contribution in [1.82, 2.24) is 9.55 Å². The zero-order valence-corrected chi connectivity index (χ0v) is 13.7. The first-order valence-corrected chi connectivity index (χ1v) is 7.43. The second kappa shape index (κ2) is 5.70. The number of hydrogen-bond acceptors (Lipinski definition) is 5. The third-order valence-corrected chi connectivity index (χ3v) is 3.85. The summed E-state index contributed by atoms with van der Waals surface area (Å²) in [5.41, 5.74) is 8.56. The fraction of sp³-hybridized carbons (Fsp3) is 0.167. The first-order chi connectivity index (χ1) is 11.4. The molecule has 0 aliphatic rings. The van der Waals surface area contributed by atoms with Gasteiger partial charge in [0.2, 0.25) is 0 Å². The Morgan fingerprint density at radius 1 is 1.17 bits per heavy atom. The van der Waals surface area contributed by atoms with Crippen molar-refractivity contribution in [3.8, 4) is 11.8 Å². The Kier molecular flexibility index (Phi) is 3.70. The number of anilines is 2. The van der Waals surface area contributed by atoms with E-state index in [1.54, 1.807) is 29.2 Å². The summed E-state index contributed by atoms with van der Waals surface area (Å²) < 4.78 is 1.47. The van der Waals surface area contributed by atoms with Gasteiger partial charge in [-0.25, -0.2) is 4.98 Å². The number of fused-ring (bicyclic) bond motifs is 1. The molecule has 0 spiro atoms. The van der Waals surface area contributed by atoms with Crippen molar-refractivity contribution in [3.05, 3.63) is 58.0 Å². The molecule has 3 aromatic rings. The maximum Gasteiger partial charge on any atom is 0.276 e. The van der Waals surface area contributed by atoms with Gasteiger partial charge >= 0.3 is 0 Å². The largest absolute Gasteiger partial charge is 0.399 e. The molecule has 6 nitrogen and oxygen atoms in total. The van der Waals surface area contributed by atoms with Gasteiger partial charge in [-0.1, -0.05) is 0 Å². The molecule has 6 heteroatoms. The quantitative estimate of drug-likeness (QED) is 0.732. The number of nitrogens with zero attached hydrogens (tertiary/aromatic N) is 4. The highest BCUT2D eigenvalue weighted by atomic mass is 16.1. The zero-order chi connectivity index (χ0) is 17.4. The lowest BCUT2D eigenvalue weighted by molar-refractivity contribution is 0.987. The average Bonchev–Trinajstić information content (AvgIpc) is 2.54. The van der Waals surface area contributed by atoms with Crippen LogP contribution < -0.4 is 16.2 Å². The highest BCUT2D eigenvalue weighted by Crippen LogP contribution is 2.28. The first-order valence-electron chi connectivity index (χ1n) is 7.43. The van der Waals surface area contributed by atoms with Gasteiger partial charge in [-0.05, 0) is 43.3 Å². The van der Waals surface area contributed by atoms with E-state index in [0.29, 0.717) is 22.7 Å². The molecule has 0 amide bonds. The lowest BCUT2D eigenvalue weighted by atomic mass is 10.1. The molecule has 0 aliphatic heterocycles. The fourth-order valence-electron chi connectivity index (χ4n) is 2.77. The molecular formula is C18H17N5O. The molecule has 2 aromatic heterocycles. The zero-order valence-electron chi connectivity index (χ0n) is 13.7. The van der Waals surface area contributed by atoms with E-state index in [-0.39, 0.29) is 5.56 Å². The summed E-state index contributed by atoms with van der Waals surface area (Å²) in [6, 6.07) is 12.7. The highest BCUT2D eigenvalue weighted by molar-refractivity contribution is 5.93. The summed E-state index contributed by atoms with van der Waals surface area (Å²) in [5.74, 6) is 0. The van der Waals surface area contributed by atoms with E-state index in [9.17, 15) is 10.1 Å². The van der Waals surface area contributed by atoms with Gasteiger partial charge in [0.1, 0.15) is 17.3 Å². The topological polar surface area (TPSA) is 87.9 Å². The Morgan fingerprint density at radius 3 is 2.42 bits per heavy atom. The number of hydrogen-bond donors (Lipinski definition) is 1. The first kappa shape index (κ1) is 15.6. The number of nitrogen functional groups attached to an aromatic ring is 1. The Bertz CT molecular complexity index is 1030. The lowest BCUT2D eigenvalue weighted by Crippen LogP contribution is -2.26. The van der Waals surface area contributed by atoms with Crippen molar-refractivity contribution in [2.75, 3.05) is 24.7 Å². The molecule has 0 radical (unpaired) electrons. The van der Waals surface area contributed by atoms with Crippen molar-refractivity contribution in [3.63, 3.8) is 0 Å². The van der Waals surface area contributed by atoms with Crippen LogP contribution in [0.3, 0.4) is 0 Å². The van der Waals surface area contributed by atoms with E-state index in [1.165, 1.54) is 4.57 Å². The van der Waals surface area contributed by atoms with E-state index in [0.717, 1.165) is 11.1 Å². The fourth-order valence-corrected chi connectivity index (χ4v) is 2.77. The lowest BCUT2D eigenvalue weighted by Gasteiger charge is -2.20. The van der Waals surface area contributed by atoms with Crippen molar-refractivity contribution < 1.29 is 0 Å². The Morgan fingerprint density at radius 2 is 1.83 bits per heavy atom. The summed E-state index contributed by atoms with van der Waals surface area (Å²) in [4.78, 5) is 19.3. The van der Waals surface area contributed by atoms with Gasteiger partial charge in [-0.15, -0.1) is 0 Å². The van der Waals surface area contributed by atoms with Gasteiger partial charge in [-0.3, -0.25) is 9.36 Å². The Hall–Kier alpha value is -3.33. The molecule has 0 bridgehead atoms. The third-order valence-electron chi connectivity index (χ3n) is 3.85. The SMILES string of the molecule is Cc1ccc2c(N(C)C)c(C#N)c(=O)n(-c3ccc(N)cc3)c2n1. The van der Waals surface area contributed by atoms with Crippen molar-refractivity contribution >= 4 is 22.4 Å². The Balaban J connectivity index is 2.54. The number of aromatic nitrogens is 2. The molecular weight excluding hydrogens is 302 g/mol. The number of nitriles is 1.